The van der Waals surface area contributed by atoms with E-state index in [-0.39, 0.29) is 6.54 Å². The molecule has 0 unspecified atom stereocenters. The van der Waals surface area contributed by atoms with Crippen LogP contribution < -0.4 is 0 Å². The number of hydrogen-bond donors (Lipinski definition) is 0. The smallest absolute Gasteiger partial charge is 0.410 e. The predicted octanol–water partition coefficient (Wildman–Crippen LogP) is 3.15. The first-order chi connectivity index (χ1) is 9.79. The fraction of sp³-hybridized carbons (Fsp3) is 0.938. The number of alkyl halides is 1. The summed E-state index contributed by atoms with van der Waals surface area (Å²) in [6.45, 7) is 6.77. The van der Waals surface area contributed by atoms with Crippen LogP contribution in [-0.4, -0.2) is 48.1 Å². The molecule has 3 aliphatic rings. The molecule has 120 valence electrons. The zero-order valence-corrected chi connectivity index (χ0v) is 13.2. The summed E-state index contributed by atoms with van der Waals surface area (Å²) in [5.74, 6) is 1.40. The molecule has 1 amide bonds. The van der Waals surface area contributed by atoms with Crippen LogP contribution in [0.2, 0.25) is 0 Å². The number of hydrogen-bond acceptors (Lipinski definition) is 3. The van der Waals surface area contributed by atoms with Crippen molar-refractivity contribution in [3.8, 4) is 0 Å². The first-order valence-electron chi connectivity index (χ1n) is 8.05. The molecule has 2 aliphatic heterocycles. The van der Waals surface area contributed by atoms with Gasteiger partial charge in [0, 0.05) is 6.54 Å². The van der Waals surface area contributed by atoms with E-state index in [0.29, 0.717) is 25.5 Å². The molecule has 5 heteroatoms. The number of rotatable bonds is 0. The standard InChI is InChI=1S/C16H26FNO3/c1-15(2,3)21-14(19)18-7-6-16(13(17)9-18)5-4-11-8-12(11)10-20-16/h11-13H,4-10H2,1-3H3/t11-,12+,13-,16-/m1/s1. The highest BCUT2D eigenvalue weighted by Gasteiger charge is 2.51. The lowest BCUT2D eigenvalue weighted by Gasteiger charge is -2.43. The van der Waals surface area contributed by atoms with E-state index in [1.807, 2.05) is 20.8 Å². The maximum Gasteiger partial charge on any atom is 0.410 e. The van der Waals surface area contributed by atoms with Gasteiger partial charge in [-0.05, 0) is 58.3 Å². The fourth-order valence-electron chi connectivity index (χ4n) is 3.51. The molecule has 4 nitrogen and oxygen atoms in total. The van der Waals surface area contributed by atoms with Crippen LogP contribution in [0.4, 0.5) is 9.18 Å². The van der Waals surface area contributed by atoms with Gasteiger partial charge in [0.1, 0.15) is 17.4 Å². The van der Waals surface area contributed by atoms with Gasteiger partial charge in [-0.2, -0.15) is 0 Å². The Balaban J connectivity index is 1.60. The van der Waals surface area contributed by atoms with E-state index in [1.165, 1.54) is 11.3 Å². The molecule has 3 rings (SSSR count). The van der Waals surface area contributed by atoms with Crippen LogP contribution in [0.5, 0.6) is 0 Å². The van der Waals surface area contributed by atoms with Crippen LogP contribution in [-0.2, 0) is 9.47 Å². The van der Waals surface area contributed by atoms with Crippen molar-refractivity contribution < 1.29 is 18.7 Å². The average Bonchev–Trinajstić information content (AvgIpc) is 3.12. The number of nitrogens with zero attached hydrogens (tertiary/aromatic N) is 1. The van der Waals surface area contributed by atoms with Crippen molar-refractivity contribution in [2.75, 3.05) is 19.7 Å². The third kappa shape index (κ3) is 3.17. The van der Waals surface area contributed by atoms with Gasteiger partial charge in [-0.1, -0.05) is 0 Å². The molecule has 0 N–H and O–H groups in total. The summed E-state index contributed by atoms with van der Waals surface area (Å²) in [7, 11) is 0. The molecular formula is C16H26FNO3. The van der Waals surface area contributed by atoms with Crippen LogP contribution in [0, 0.1) is 11.8 Å². The zero-order valence-electron chi connectivity index (χ0n) is 13.2. The third-order valence-electron chi connectivity index (χ3n) is 5.00. The second-order valence-corrected chi connectivity index (χ2v) is 7.81. The zero-order chi connectivity index (χ0) is 15.3. The quantitative estimate of drug-likeness (QED) is 0.690. The Morgan fingerprint density at radius 2 is 2.10 bits per heavy atom. The first-order valence-corrected chi connectivity index (χ1v) is 8.05. The number of carbonyl (C=O) groups excluding carboxylic acids is 1. The lowest BCUT2D eigenvalue weighted by Crippen LogP contribution is -2.56. The van der Waals surface area contributed by atoms with E-state index < -0.39 is 23.5 Å². The van der Waals surface area contributed by atoms with Gasteiger partial charge >= 0.3 is 6.09 Å². The molecule has 3 fully saturated rings. The summed E-state index contributed by atoms with van der Waals surface area (Å²) in [6, 6.07) is 0. The van der Waals surface area contributed by atoms with Gasteiger partial charge in [0.2, 0.25) is 0 Å². The molecule has 0 aromatic heterocycles. The topological polar surface area (TPSA) is 38.8 Å². The van der Waals surface area contributed by atoms with E-state index in [0.717, 1.165) is 18.8 Å². The Morgan fingerprint density at radius 1 is 1.33 bits per heavy atom. The molecule has 1 spiro atoms. The highest BCUT2D eigenvalue weighted by molar-refractivity contribution is 5.68. The molecule has 21 heavy (non-hydrogen) atoms. The molecule has 0 aromatic rings. The van der Waals surface area contributed by atoms with Crippen molar-refractivity contribution >= 4 is 6.09 Å². The minimum Gasteiger partial charge on any atom is -0.444 e. The molecule has 1 aliphatic carbocycles. The van der Waals surface area contributed by atoms with Crippen molar-refractivity contribution in [2.24, 2.45) is 11.8 Å². The predicted molar refractivity (Wildman–Crippen MR) is 76.8 cm³/mol. The van der Waals surface area contributed by atoms with E-state index in [1.54, 1.807) is 0 Å². The molecule has 0 bridgehead atoms. The Bertz CT molecular complexity index is 408. The normalized spacial score (nSPS) is 39.6. The van der Waals surface area contributed by atoms with Crippen molar-refractivity contribution in [1.82, 2.24) is 4.90 Å². The van der Waals surface area contributed by atoms with E-state index in [2.05, 4.69) is 0 Å². The average molecular weight is 299 g/mol. The summed E-state index contributed by atoms with van der Waals surface area (Å²) in [6.07, 6.45) is 2.14. The summed E-state index contributed by atoms with van der Waals surface area (Å²) < 4.78 is 26.0. The minimum atomic E-state index is -1.11. The fourth-order valence-corrected chi connectivity index (χ4v) is 3.51. The van der Waals surface area contributed by atoms with Crippen LogP contribution >= 0.6 is 0 Å². The molecule has 1 saturated carbocycles. The van der Waals surface area contributed by atoms with Crippen LogP contribution in [0.3, 0.4) is 0 Å². The number of carbonyl (C=O) groups is 1. The third-order valence-corrected chi connectivity index (χ3v) is 5.00. The van der Waals surface area contributed by atoms with E-state index in [9.17, 15) is 9.18 Å². The lowest BCUT2D eigenvalue weighted by atomic mass is 9.84. The monoisotopic (exact) mass is 299 g/mol. The van der Waals surface area contributed by atoms with E-state index in [4.69, 9.17) is 9.47 Å². The van der Waals surface area contributed by atoms with Crippen LogP contribution in [0.25, 0.3) is 0 Å². The second-order valence-electron chi connectivity index (χ2n) is 7.81. The Labute approximate surface area is 126 Å². The summed E-state index contributed by atoms with van der Waals surface area (Å²) >= 11 is 0. The SMILES string of the molecule is CC(C)(C)OC(=O)N1CC[C@]2(CC[C@@H]3C[C@H]3CO2)[C@H](F)C1. The van der Waals surface area contributed by atoms with Crippen LogP contribution in [0.15, 0.2) is 0 Å². The molecule has 2 heterocycles. The molecule has 4 atom stereocenters. The van der Waals surface area contributed by atoms with Crippen molar-refractivity contribution in [3.05, 3.63) is 0 Å². The van der Waals surface area contributed by atoms with Crippen molar-refractivity contribution in [3.63, 3.8) is 0 Å². The Morgan fingerprint density at radius 3 is 2.76 bits per heavy atom. The maximum absolute atomic E-state index is 14.7. The van der Waals surface area contributed by atoms with Gasteiger partial charge < -0.3 is 14.4 Å². The number of halogens is 1. The number of ether oxygens (including phenoxy) is 2. The molecular weight excluding hydrogens is 273 g/mol. The Hall–Kier alpha value is -0.840. The molecule has 2 saturated heterocycles. The van der Waals surface area contributed by atoms with Gasteiger partial charge in [-0.25, -0.2) is 9.18 Å². The first kappa shape index (κ1) is 15.1. The van der Waals surface area contributed by atoms with Gasteiger partial charge in [0.05, 0.1) is 13.2 Å². The second kappa shape index (κ2) is 5.11. The number of likely N-dealkylation sites (tertiary alicyclic amines) is 1. The lowest BCUT2D eigenvalue weighted by molar-refractivity contribution is -0.132. The Kier molecular flexibility index (Phi) is 3.67. The minimum absolute atomic E-state index is 0.0875. The van der Waals surface area contributed by atoms with Crippen molar-refractivity contribution in [1.29, 1.82) is 0 Å². The maximum atomic E-state index is 14.7. The summed E-state index contributed by atoms with van der Waals surface area (Å²) in [5.41, 5.74) is -1.20. The number of piperidine rings is 1. The highest BCUT2D eigenvalue weighted by Crippen LogP contribution is 2.49. The highest BCUT2D eigenvalue weighted by atomic mass is 19.1. The van der Waals surface area contributed by atoms with Gasteiger partial charge in [-0.15, -0.1) is 0 Å². The van der Waals surface area contributed by atoms with Gasteiger partial charge in [0.15, 0.2) is 0 Å². The van der Waals surface area contributed by atoms with Crippen molar-refractivity contribution in [2.45, 2.75) is 63.8 Å². The van der Waals surface area contributed by atoms with Crippen LogP contribution in [0.1, 0.15) is 46.5 Å². The molecule has 0 aromatic carbocycles. The van der Waals surface area contributed by atoms with E-state index >= 15 is 0 Å². The van der Waals surface area contributed by atoms with Gasteiger partial charge in [-0.3, -0.25) is 0 Å². The summed E-state index contributed by atoms with van der Waals surface area (Å²) in [5, 5.41) is 0. The largest absolute Gasteiger partial charge is 0.444 e. The van der Waals surface area contributed by atoms with Gasteiger partial charge in [0.25, 0.3) is 0 Å². The number of fused-ring (bicyclic) bond motifs is 1. The summed E-state index contributed by atoms with van der Waals surface area (Å²) in [4.78, 5) is 13.5. The number of amides is 1. The molecule has 0 radical (unpaired) electrons.